The van der Waals surface area contributed by atoms with E-state index in [2.05, 4.69) is 40.0 Å². The first-order valence-electron chi connectivity index (χ1n) is 21.4. The van der Waals surface area contributed by atoms with Crippen molar-refractivity contribution in [3.63, 3.8) is 0 Å². The number of aromatic hydroxyl groups is 3. The number of halogens is 2. The maximum absolute atomic E-state index is 12.0. The third-order valence-corrected chi connectivity index (χ3v) is 10.7. The summed E-state index contributed by atoms with van der Waals surface area (Å²) in [5.74, 6) is 2.84. The number of likely N-dealkylation sites (tertiary alicyclic amines) is 2. The number of rotatable bonds is 6. The monoisotopic (exact) mass is 927 g/mol. The molecule has 3 fully saturated rings. The number of allylic oxidation sites excluding steroid dienone is 2. The third kappa shape index (κ3) is 23.0. The summed E-state index contributed by atoms with van der Waals surface area (Å²) in [4.78, 5) is 27.2. The lowest BCUT2D eigenvalue weighted by Gasteiger charge is -2.32. The van der Waals surface area contributed by atoms with Crippen molar-refractivity contribution in [2.45, 2.75) is 104 Å². The lowest BCUT2D eigenvalue weighted by molar-refractivity contribution is 0.0187. The van der Waals surface area contributed by atoms with E-state index in [1.54, 1.807) is 46.2 Å². The van der Waals surface area contributed by atoms with Gasteiger partial charge < -0.3 is 39.9 Å². The molecular formula is C49H71BrClN3O7. The van der Waals surface area contributed by atoms with Crippen LogP contribution in [0.3, 0.4) is 0 Å². The molecule has 0 bridgehead atoms. The number of aryl methyl sites for hydroxylation is 1. The number of phenols is 3. The minimum Gasteiger partial charge on any atom is -0.508 e. The SMILES string of the molecule is C=CC1CCN(C(=O)OC(C)(C)C)CC1.CC(C)(C)OC(=O)N1CCC(/C=C/c2cccc(O)c2)CC1.Cl.Oc1cccc(Br)c1.Oc1cccc(CCC2CCNCC2)c1. The van der Waals surface area contributed by atoms with E-state index in [4.69, 9.17) is 14.6 Å². The van der Waals surface area contributed by atoms with E-state index in [0.717, 1.165) is 74.2 Å². The van der Waals surface area contributed by atoms with Gasteiger partial charge in [0.25, 0.3) is 0 Å². The Kier molecular flexibility index (Phi) is 23.4. The summed E-state index contributed by atoms with van der Waals surface area (Å²) in [6, 6.07) is 21.7. The van der Waals surface area contributed by atoms with E-state index in [-0.39, 0.29) is 30.3 Å². The van der Waals surface area contributed by atoms with Crippen LogP contribution >= 0.6 is 28.3 Å². The van der Waals surface area contributed by atoms with Crippen LogP contribution in [0.1, 0.15) is 97.6 Å². The summed E-state index contributed by atoms with van der Waals surface area (Å²) in [5.41, 5.74) is 1.42. The molecule has 0 aliphatic carbocycles. The van der Waals surface area contributed by atoms with Crippen molar-refractivity contribution in [2.24, 2.45) is 17.8 Å². The molecule has 3 aliphatic heterocycles. The molecular weight excluding hydrogens is 858 g/mol. The molecule has 4 N–H and O–H groups in total. The van der Waals surface area contributed by atoms with Gasteiger partial charge in [0.1, 0.15) is 28.5 Å². The van der Waals surface area contributed by atoms with E-state index >= 15 is 0 Å². The molecule has 0 saturated carbocycles. The lowest BCUT2D eigenvalue weighted by Crippen LogP contribution is -2.41. The quantitative estimate of drug-likeness (QED) is 0.180. The molecule has 12 heteroatoms. The number of hydrogen-bond acceptors (Lipinski definition) is 8. The molecule has 0 aromatic heterocycles. The predicted octanol–water partition coefficient (Wildman–Crippen LogP) is 11.8. The molecule has 0 unspecified atom stereocenters. The third-order valence-electron chi connectivity index (χ3n) is 10.2. The lowest BCUT2D eigenvalue weighted by atomic mass is 9.91. The average Bonchev–Trinajstić information content (AvgIpc) is 3.19. The van der Waals surface area contributed by atoms with Crippen molar-refractivity contribution in [1.82, 2.24) is 15.1 Å². The molecule has 3 aromatic carbocycles. The fourth-order valence-electron chi connectivity index (χ4n) is 6.85. The molecule has 338 valence electrons. The van der Waals surface area contributed by atoms with E-state index in [9.17, 15) is 19.8 Å². The van der Waals surface area contributed by atoms with E-state index in [0.29, 0.717) is 23.3 Å². The van der Waals surface area contributed by atoms with Gasteiger partial charge in [0.15, 0.2) is 0 Å². The van der Waals surface area contributed by atoms with Gasteiger partial charge in [-0.2, -0.15) is 0 Å². The van der Waals surface area contributed by atoms with Crippen molar-refractivity contribution >= 4 is 46.6 Å². The van der Waals surface area contributed by atoms with Crippen LogP contribution in [0.25, 0.3) is 6.08 Å². The summed E-state index contributed by atoms with van der Waals surface area (Å²) in [5, 5.41) is 31.0. The van der Waals surface area contributed by atoms with Gasteiger partial charge in [-0.1, -0.05) is 64.5 Å². The Morgan fingerprint density at radius 1 is 0.721 bits per heavy atom. The zero-order valence-corrected chi connectivity index (χ0v) is 39.6. The molecule has 3 saturated heterocycles. The van der Waals surface area contributed by atoms with Gasteiger partial charge in [-0.05, 0) is 177 Å². The second-order valence-electron chi connectivity index (χ2n) is 17.7. The van der Waals surface area contributed by atoms with Crippen molar-refractivity contribution in [3.8, 4) is 17.2 Å². The number of nitrogens with one attached hydrogen (secondary N) is 1. The molecule has 0 atom stereocenters. The second kappa shape index (κ2) is 27.0. The number of amides is 2. The Labute approximate surface area is 380 Å². The highest BCUT2D eigenvalue weighted by Gasteiger charge is 2.27. The van der Waals surface area contributed by atoms with Crippen LogP contribution in [-0.4, -0.2) is 87.8 Å². The van der Waals surface area contributed by atoms with Gasteiger partial charge in [0.2, 0.25) is 0 Å². The van der Waals surface area contributed by atoms with Gasteiger partial charge >= 0.3 is 12.2 Å². The van der Waals surface area contributed by atoms with Crippen LogP contribution in [-0.2, 0) is 15.9 Å². The Morgan fingerprint density at radius 3 is 1.64 bits per heavy atom. The zero-order valence-electron chi connectivity index (χ0n) is 37.2. The number of ether oxygens (including phenoxy) is 2. The van der Waals surface area contributed by atoms with Gasteiger partial charge in [-0.25, -0.2) is 9.59 Å². The fraction of sp³-hybridized carbons (Fsp3) is 0.510. The molecule has 0 spiro atoms. The first-order chi connectivity index (χ1) is 28.4. The number of piperidine rings is 3. The fourth-order valence-corrected chi connectivity index (χ4v) is 7.24. The molecule has 61 heavy (non-hydrogen) atoms. The maximum atomic E-state index is 12.0. The number of hydrogen-bond donors (Lipinski definition) is 4. The Morgan fingerprint density at radius 2 is 1.20 bits per heavy atom. The molecule has 3 aromatic rings. The number of nitrogens with zero attached hydrogens (tertiary/aromatic N) is 2. The van der Waals surface area contributed by atoms with Gasteiger partial charge in [-0.15, -0.1) is 19.0 Å². The number of phenolic OH excluding ortho intramolecular Hbond substituents is 3. The maximum Gasteiger partial charge on any atom is 0.410 e. The summed E-state index contributed by atoms with van der Waals surface area (Å²) in [6.45, 7) is 20.5. The zero-order chi connectivity index (χ0) is 44.1. The van der Waals surface area contributed by atoms with E-state index < -0.39 is 11.2 Å². The van der Waals surface area contributed by atoms with Crippen LogP contribution in [0.4, 0.5) is 9.59 Å². The van der Waals surface area contributed by atoms with Gasteiger partial charge in [0, 0.05) is 30.7 Å². The normalized spacial score (nSPS) is 16.3. The summed E-state index contributed by atoms with van der Waals surface area (Å²) in [6.07, 6.45) is 14.6. The van der Waals surface area contributed by atoms with E-state index in [1.807, 2.05) is 84.0 Å². The van der Waals surface area contributed by atoms with Crippen LogP contribution < -0.4 is 5.32 Å². The highest BCUT2D eigenvalue weighted by atomic mass is 79.9. The Hall–Kier alpha value is -4.19. The highest BCUT2D eigenvalue weighted by molar-refractivity contribution is 9.10. The van der Waals surface area contributed by atoms with Crippen molar-refractivity contribution in [1.29, 1.82) is 0 Å². The molecule has 3 aliphatic rings. The minimum absolute atomic E-state index is 0. The van der Waals surface area contributed by atoms with Crippen molar-refractivity contribution in [3.05, 3.63) is 107 Å². The summed E-state index contributed by atoms with van der Waals surface area (Å²) < 4.78 is 11.6. The standard InChI is InChI=1S/C18H25NO3.C13H19NO.C12H21NO2.C6H5BrO.ClH/c1-18(2,3)22-17(21)19-11-9-14(10-12-19)7-8-15-5-4-6-16(20)13-15;15-13-3-1-2-12(10-13)5-4-11-6-8-14-9-7-11;1-5-10-6-8-13(9-7-10)11(14)15-12(2,3)4;7-5-2-1-3-6(8)4-5;/h4-8,13-14,20H,9-12H2,1-3H3;1-3,10-11,14-15H,4-9H2;5,10H,1,6-9H2,2-4H3;1-4,8H;1H/b8-7+;;;;. The van der Waals surface area contributed by atoms with Crippen molar-refractivity contribution < 1.29 is 34.4 Å². The number of benzene rings is 3. The van der Waals surface area contributed by atoms with Crippen LogP contribution in [0.2, 0.25) is 0 Å². The summed E-state index contributed by atoms with van der Waals surface area (Å²) >= 11 is 3.20. The smallest absolute Gasteiger partial charge is 0.410 e. The van der Waals surface area contributed by atoms with Crippen LogP contribution in [0.5, 0.6) is 17.2 Å². The molecule has 2 amide bonds. The number of carbonyl (C=O) groups excluding carboxylic acids is 2. The predicted molar refractivity (Wildman–Crippen MR) is 253 cm³/mol. The van der Waals surface area contributed by atoms with Crippen molar-refractivity contribution in [2.75, 3.05) is 39.3 Å². The Bertz CT molecular complexity index is 1750. The number of carbonyl (C=O) groups is 2. The Balaban J connectivity index is 0.000000292. The van der Waals surface area contributed by atoms with Gasteiger partial charge in [0.05, 0.1) is 0 Å². The molecule has 6 rings (SSSR count). The molecule has 0 radical (unpaired) electrons. The van der Waals surface area contributed by atoms with Crippen LogP contribution in [0.15, 0.2) is 96.0 Å². The first-order valence-corrected chi connectivity index (χ1v) is 22.2. The second-order valence-corrected chi connectivity index (χ2v) is 18.6. The largest absolute Gasteiger partial charge is 0.508 e. The van der Waals surface area contributed by atoms with E-state index in [1.165, 1.54) is 37.9 Å². The minimum atomic E-state index is -0.441. The summed E-state index contributed by atoms with van der Waals surface area (Å²) in [7, 11) is 0. The topological polar surface area (TPSA) is 132 Å². The average molecular weight is 929 g/mol. The van der Waals surface area contributed by atoms with Gasteiger partial charge in [-0.3, -0.25) is 0 Å². The van der Waals surface area contributed by atoms with Crippen LogP contribution in [0, 0.1) is 17.8 Å². The molecule has 10 nitrogen and oxygen atoms in total. The highest BCUT2D eigenvalue weighted by Crippen LogP contribution is 2.24. The first kappa shape index (κ1) is 52.9. The molecule has 3 heterocycles.